The number of unbranched alkanes of at least 4 members (excludes halogenated alkanes) is 5. The Labute approximate surface area is 333 Å². The van der Waals surface area contributed by atoms with Crippen LogP contribution in [0.2, 0.25) is 0 Å². The van der Waals surface area contributed by atoms with E-state index in [4.69, 9.17) is 0 Å². The van der Waals surface area contributed by atoms with Gasteiger partial charge < -0.3 is 0 Å². The second-order valence-electron chi connectivity index (χ2n) is 20.4. The lowest BCUT2D eigenvalue weighted by atomic mass is 9.68. The van der Waals surface area contributed by atoms with Crippen LogP contribution in [0.25, 0.3) is 0 Å². The molecule has 6 saturated carbocycles. The third kappa shape index (κ3) is 9.21. The molecule has 0 radical (unpaired) electrons. The molecule has 16 unspecified atom stereocenters. The van der Waals surface area contributed by atoms with Gasteiger partial charge in [-0.3, -0.25) is 0 Å². The summed E-state index contributed by atoms with van der Waals surface area (Å²) in [6, 6.07) is 0. The zero-order chi connectivity index (χ0) is 36.7. The third-order valence-electron chi connectivity index (χ3n) is 17.2. The molecule has 0 nitrogen and oxygen atoms in total. The van der Waals surface area contributed by atoms with E-state index in [1.165, 1.54) is 122 Å². The van der Waals surface area contributed by atoms with Crippen molar-refractivity contribution in [1.29, 1.82) is 0 Å². The molecule has 54 heavy (non-hydrogen) atoms. The van der Waals surface area contributed by atoms with E-state index in [9.17, 15) is 0 Å². The van der Waals surface area contributed by atoms with Crippen LogP contribution < -0.4 is 0 Å². The van der Waals surface area contributed by atoms with Crippen molar-refractivity contribution in [3.63, 3.8) is 0 Å². The van der Waals surface area contributed by atoms with Crippen molar-refractivity contribution in [1.82, 2.24) is 0 Å². The number of hydrogen-bond acceptors (Lipinski definition) is 0. The Morgan fingerprint density at radius 3 is 1.26 bits per heavy atom. The summed E-state index contributed by atoms with van der Waals surface area (Å²) in [5.74, 6) is 16.5. The first-order valence-electron chi connectivity index (χ1n) is 23.9. The first kappa shape index (κ1) is 38.8. The Balaban J connectivity index is 0.000000109. The molecular formula is C54H78. The maximum Gasteiger partial charge on any atom is -0.0163 e. The number of rotatable bonds is 15. The van der Waals surface area contributed by atoms with Gasteiger partial charge in [-0.05, 0) is 204 Å². The van der Waals surface area contributed by atoms with Crippen molar-refractivity contribution in [2.45, 2.75) is 141 Å². The van der Waals surface area contributed by atoms with Gasteiger partial charge in [0.1, 0.15) is 0 Å². The quantitative estimate of drug-likeness (QED) is 0.0895. The molecule has 0 aliphatic heterocycles. The van der Waals surface area contributed by atoms with Crippen LogP contribution in [0.3, 0.4) is 0 Å². The van der Waals surface area contributed by atoms with E-state index in [2.05, 4.69) is 92.1 Å². The monoisotopic (exact) mass is 727 g/mol. The Morgan fingerprint density at radius 1 is 0.407 bits per heavy atom. The average Bonchev–Trinajstić information content (AvgIpc) is 4.06. The van der Waals surface area contributed by atoms with Gasteiger partial charge in [0, 0.05) is 0 Å². The lowest BCUT2D eigenvalue weighted by Gasteiger charge is -2.36. The summed E-state index contributed by atoms with van der Waals surface area (Å²) < 4.78 is 0. The summed E-state index contributed by atoms with van der Waals surface area (Å²) in [7, 11) is 0. The molecule has 0 aromatic rings. The summed E-state index contributed by atoms with van der Waals surface area (Å²) in [5, 5.41) is 0. The van der Waals surface area contributed by atoms with Crippen LogP contribution in [-0.2, 0) is 0 Å². The number of allylic oxidation sites excluding steroid dienone is 14. The first-order valence-corrected chi connectivity index (χ1v) is 23.9. The molecule has 0 heteroatoms. The number of hydrogen-bond donors (Lipinski definition) is 0. The van der Waals surface area contributed by atoms with Crippen LogP contribution in [-0.4, -0.2) is 0 Å². The molecule has 0 amide bonds. The highest BCUT2D eigenvalue weighted by Crippen LogP contribution is 2.67. The average molecular weight is 727 g/mol. The summed E-state index contributed by atoms with van der Waals surface area (Å²) in [6.45, 7) is 7.59. The van der Waals surface area contributed by atoms with E-state index in [0.29, 0.717) is 0 Å². The Bertz CT molecular complexity index is 1350. The van der Waals surface area contributed by atoms with Gasteiger partial charge in [-0.15, -0.1) is 13.2 Å². The molecule has 11 aliphatic carbocycles. The van der Waals surface area contributed by atoms with Crippen molar-refractivity contribution in [2.75, 3.05) is 0 Å². The molecule has 294 valence electrons. The summed E-state index contributed by atoms with van der Waals surface area (Å²) >= 11 is 0. The third-order valence-corrected chi connectivity index (χ3v) is 17.2. The minimum Gasteiger partial charge on any atom is -0.103 e. The van der Waals surface area contributed by atoms with E-state index in [-0.39, 0.29) is 0 Å². The van der Waals surface area contributed by atoms with Gasteiger partial charge in [0.2, 0.25) is 0 Å². The normalized spacial score (nSPS) is 43.0. The predicted molar refractivity (Wildman–Crippen MR) is 233 cm³/mol. The van der Waals surface area contributed by atoms with Gasteiger partial charge in [-0.2, -0.15) is 0 Å². The molecule has 0 aromatic heterocycles. The maximum atomic E-state index is 3.83. The standard InChI is InChI=1S/2C18H26.C13H20.C5H6/c1-2-3-4-5-6-12-9-15-11-16(12)18-14-8-7-13(10-14)17(15)18;1(3-15-9-13-5-7-17(15)11-13)2-4-16-10-14-6-8-18(16)12-14;1-2-3-4-5-6-12-9-11-7-8-13(12)10-11;1-2-4-5-3-1/h2,7-8,12-18H,1,3-6,9-11H2;5-8,13-18H,1-4,9-12H2;2,7-8,11-13H,1,3-6,9-10H2;1-4H,5H2. The van der Waals surface area contributed by atoms with Crippen molar-refractivity contribution in [3.05, 3.63) is 98.2 Å². The van der Waals surface area contributed by atoms with Crippen molar-refractivity contribution in [3.8, 4) is 0 Å². The van der Waals surface area contributed by atoms with Crippen LogP contribution >= 0.6 is 0 Å². The molecule has 11 rings (SSSR count). The highest BCUT2D eigenvalue weighted by molar-refractivity contribution is 5.21. The van der Waals surface area contributed by atoms with Gasteiger partial charge in [-0.25, -0.2) is 0 Å². The maximum absolute atomic E-state index is 3.83. The minimum absolute atomic E-state index is 0.953. The Morgan fingerprint density at radius 2 is 0.852 bits per heavy atom. The van der Waals surface area contributed by atoms with Crippen LogP contribution in [0.4, 0.5) is 0 Å². The molecule has 11 aliphatic rings. The largest absolute Gasteiger partial charge is 0.103 e. The number of fused-ring (bicyclic) bond motifs is 15. The molecule has 6 fully saturated rings. The van der Waals surface area contributed by atoms with Crippen molar-refractivity contribution >= 4 is 0 Å². The second kappa shape index (κ2) is 18.9. The van der Waals surface area contributed by atoms with Crippen molar-refractivity contribution < 1.29 is 0 Å². The Kier molecular flexibility index (Phi) is 13.6. The lowest BCUT2D eigenvalue weighted by molar-refractivity contribution is 0.142. The van der Waals surface area contributed by atoms with Gasteiger partial charge >= 0.3 is 0 Å². The second-order valence-corrected chi connectivity index (χ2v) is 20.4. The molecule has 0 saturated heterocycles. The van der Waals surface area contributed by atoms with E-state index < -0.39 is 0 Å². The van der Waals surface area contributed by atoms with Crippen LogP contribution in [0.5, 0.6) is 0 Å². The van der Waals surface area contributed by atoms with E-state index in [1.807, 2.05) is 6.08 Å². The van der Waals surface area contributed by atoms with E-state index in [1.54, 1.807) is 12.8 Å². The minimum atomic E-state index is 0.953. The highest BCUT2D eigenvalue weighted by atomic mass is 14.6. The lowest BCUT2D eigenvalue weighted by Crippen LogP contribution is -2.30. The van der Waals surface area contributed by atoms with Crippen molar-refractivity contribution in [2.24, 2.45) is 94.7 Å². The van der Waals surface area contributed by atoms with E-state index >= 15 is 0 Å². The molecule has 0 aromatic carbocycles. The fourth-order valence-corrected chi connectivity index (χ4v) is 14.8. The highest BCUT2D eigenvalue weighted by Gasteiger charge is 2.60. The van der Waals surface area contributed by atoms with Gasteiger partial charge in [0.25, 0.3) is 0 Å². The molecule has 0 heterocycles. The first-order chi connectivity index (χ1) is 26.7. The molecular weight excluding hydrogens is 649 g/mol. The summed E-state index contributed by atoms with van der Waals surface area (Å²) in [5.41, 5.74) is 0. The topological polar surface area (TPSA) is 0 Å². The van der Waals surface area contributed by atoms with Crippen LogP contribution in [0.15, 0.2) is 98.2 Å². The smallest absolute Gasteiger partial charge is 0.0163 e. The molecule has 10 bridgehead atoms. The fraction of sp³-hybridized carbons (Fsp3) is 0.704. The molecule has 16 atom stereocenters. The van der Waals surface area contributed by atoms with Crippen LogP contribution in [0.1, 0.15) is 141 Å². The zero-order valence-electron chi connectivity index (χ0n) is 34.3. The zero-order valence-corrected chi connectivity index (χ0v) is 34.3. The van der Waals surface area contributed by atoms with Gasteiger partial charge in [-0.1, -0.05) is 117 Å². The fourth-order valence-electron chi connectivity index (χ4n) is 14.8. The summed E-state index contributed by atoms with van der Waals surface area (Å²) in [4.78, 5) is 0. The Hall–Kier alpha value is -2.08. The SMILES string of the molecule is C1=CC2CC1CC2CCCCC1CC2C=CC1C2.C1=CCC=C1.C=CCCCCC1CC2C=CC1C2.C=CCCCCC1CC2CC1C1C3C=CC(C3)C21. The van der Waals surface area contributed by atoms with Gasteiger partial charge in [0.15, 0.2) is 0 Å². The molecule has 0 N–H and O–H groups in total. The molecule has 0 spiro atoms. The van der Waals surface area contributed by atoms with E-state index in [0.717, 1.165) is 101 Å². The van der Waals surface area contributed by atoms with Gasteiger partial charge in [0.05, 0.1) is 0 Å². The summed E-state index contributed by atoms with van der Waals surface area (Å²) in [6.07, 6.45) is 64.3. The predicted octanol–water partition coefficient (Wildman–Crippen LogP) is 15.2. The van der Waals surface area contributed by atoms with Crippen LogP contribution in [0, 0.1) is 94.7 Å².